The van der Waals surface area contributed by atoms with Gasteiger partial charge in [0.15, 0.2) is 0 Å². The van der Waals surface area contributed by atoms with Gasteiger partial charge in [0, 0.05) is 31.8 Å². The Balaban J connectivity index is 1.48. The van der Waals surface area contributed by atoms with E-state index in [2.05, 4.69) is 4.67 Å². The van der Waals surface area contributed by atoms with Crippen LogP contribution in [0.25, 0.3) is 0 Å². The van der Waals surface area contributed by atoms with Crippen LogP contribution in [0.3, 0.4) is 0 Å². The summed E-state index contributed by atoms with van der Waals surface area (Å²) in [7, 11) is 0.861. The summed E-state index contributed by atoms with van der Waals surface area (Å²) in [4.78, 5) is 12.2. The molecule has 26 heavy (non-hydrogen) atoms. The van der Waals surface area contributed by atoms with E-state index in [1.807, 2.05) is 38.2 Å². The van der Waals surface area contributed by atoms with Gasteiger partial charge in [0.2, 0.25) is 5.12 Å². The number of ether oxygens (including phenoxy) is 1. The first-order valence-electron chi connectivity index (χ1n) is 9.89. The third-order valence-electron chi connectivity index (χ3n) is 4.45. The second-order valence-corrected chi connectivity index (χ2v) is 9.18. The maximum atomic E-state index is 12.2. The van der Waals surface area contributed by atoms with Gasteiger partial charge in [0.1, 0.15) is 7.85 Å². The molecule has 8 heteroatoms. The summed E-state index contributed by atoms with van der Waals surface area (Å²) >= 11 is 1.28. The first kappa shape index (κ1) is 18.9. The smallest absolute Gasteiger partial charge is 0.259 e. The molecule has 0 aromatic heterocycles. The molecule has 0 radical (unpaired) electrons. The molecular formula is C18H27BNO4PS. The van der Waals surface area contributed by atoms with Crippen molar-refractivity contribution in [2.24, 2.45) is 0 Å². The van der Waals surface area contributed by atoms with Crippen LogP contribution in [-0.4, -0.2) is 61.3 Å². The molecule has 0 bridgehead atoms. The van der Waals surface area contributed by atoms with Gasteiger partial charge in [0.05, 0.1) is 18.8 Å². The molecule has 2 saturated heterocycles. The second kappa shape index (κ2) is 10.2. The number of carbonyl (C=O) groups excluding carboxylic acids is 1. The highest BCUT2D eigenvalue weighted by Gasteiger charge is 2.35. The fourth-order valence-electron chi connectivity index (χ4n) is 3.10. The maximum Gasteiger partial charge on any atom is 0.259 e. The third-order valence-corrected chi connectivity index (χ3v) is 7.04. The lowest BCUT2D eigenvalue weighted by atomic mass is 9.96. The number of carbonyl (C=O) groups is 1. The van der Waals surface area contributed by atoms with Crippen molar-refractivity contribution in [2.75, 3.05) is 25.4 Å². The summed E-state index contributed by atoms with van der Waals surface area (Å²) in [6, 6.07) is 9.44. The molecule has 0 amide bonds. The number of hydrogen-bond acceptors (Lipinski definition) is 6. The van der Waals surface area contributed by atoms with Crippen molar-refractivity contribution in [3.05, 3.63) is 35.9 Å². The first-order valence-corrected chi connectivity index (χ1v) is 11.3. The molecule has 4 atom stereocenters. The van der Waals surface area contributed by atoms with Crippen LogP contribution in [0, 0.1) is 0 Å². The van der Waals surface area contributed by atoms with Crippen LogP contribution < -0.4 is 0 Å². The van der Waals surface area contributed by atoms with Gasteiger partial charge in [-0.3, -0.25) is 4.79 Å². The second-order valence-electron chi connectivity index (χ2n) is 6.60. The third kappa shape index (κ3) is 5.78. The zero-order valence-corrected chi connectivity index (χ0v) is 16.9. The van der Waals surface area contributed by atoms with Crippen molar-refractivity contribution in [3.63, 3.8) is 0 Å². The minimum Gasteiger partial charge on any atom is -0.381 e. The van der Waals surface area contributed by atoms with Crippen molar-refractivity contribution in [2.45, 2.75) is 44.4 Å². The predicted molar refractivity (Wildman–Crippen MR) is 109 cm³/mol. The largest absolute Gasteiger partial charge is 0.381 e. The van der Waals surface area contributed by atoms with Crippen LogP contribution in [0.4, 0.5) is 0 Å². The highest BCUT2D eigenvalue weighted by Crippen LogP contribution is 2.48. The molecular weight excluding hydrogens is 368 g/mol. The van der Waals surface area contributed by atoms with E-state index in [1.165, 1.54) is 11.8 Å². The Morgan fingerprint density at radius 1 is 1.42 bits per heavy atom. The zero-order valence-electron chi connectivity index (χ0n) is 16.2. The Morgan fingerprint density at radius 2 is 2.19 bits per heavy atom. The first-order chi connectivity index (χ1) is 13.2. The maximum absolute atomic E-state index is 12.2. The van der Waals surface area contributed by atoms with E-state index in [1.54, 1.807) is 0 Å². The fourth-order valence-corrected chi connectivity index (χ4v) is 5.54. The zero-order chi connectivity index (χ0) is 19.1. The monoisotopic (exact) mass is 396 g/mol. The molecule has 2 aliphatic heterocycles. The molecule has 2 unspecified atom stereocenters. The quantitative estimate of drug-likeness (QED) is 0.383. The number of rotatable bonds is 8. The van der Waals surface area contributed by atoms with E-state index in [0.717, 1.165) is 37.9 Å². The average molecular weight is 396 g/mol. The Hall–Kier alpha value is -0.425. The van der Waals surface area contributed by atoms with Crippen molar-refractivity contribution in [1.29, 1.82) is 0 Å². The molecule has 142 valence electrons. The minimum atomic E-state index is -1.16. The Bertz CT molecular complexity index is 596. The topological polar surface area (TPSA) is 48.0 Å². The van der Waals surface area contributed by atoms with E-state index in [0.29, 0.717) is 12.4 Å². The van der Waals surface area contributed by atoms with Gasteiger partial charge < -0.3 is 13.8 Å². The highest BCUT2D eigenvalue weighted by molar-refractivity contribution is 8.14. The standard InChI is InChI=1S/C18H27BNO4PS/c1-14-16(13-17(19)23-14)24-25(20-9-5-6-10-20)22-11-12-26-18(21)15-7-3-2-4-8-15/h2-4,7-8,14,16-17H,5-6,9-13,19H2,1H3/t14-,16?,17-,25?/m1/s1/i1D. The SMILES string of the molecule is [2H]C[C@H]1O[C@@H](B)CC1OP(OCCSC(=O)c1ccccc1)N1CCCC1. The normalized spacial score (nSPS) is 28.2. The summed E-state index contributed by atoms with van der Waals surface area (Å²) in [6.07, 6.45) is 2.87. The van der Waals surface area contributed by atoms with Crippen molar-refractivity contribution in [3.8, 4) is 0 Å². The lowest BCUT2D eigenvalue weighted by Gasteiger charge is -2.29. The minimum absolute atomic E-state index is 0.0675. The van der Waals surface area contributed by atoms with Crippen LogP contribution in [0.1, 0.15) is 37.9 Å². The van der Waals surface area contributed by atoms with E-state index < -0.39 is 8.53 Å². The predicted octanol–water partition coefficient (Wildman–Crippen LogP) is 3.05. The van der Waals surface area contributed by atoms with E-state index in [4.69, 9.17) is 15.2 Å². The lowest BCUT2D eigenvalue weighted by Crippen LogP contribution is -2.25. The summed E-state index contributed by atoms with van der Waals surface area (Å²) in [5, 5.41) is 0.0675. The van der Waals surface area contributed by atoms with E-state index in [9.17, 15) is 4.79 Å². The Morgan fingerprint density at radius 3 is 2.92 bits per heavy atom. The Labute approximate surface area is 163 Å². The molecule has 0 N–H and O–H groups in total. The molecule has 2 heterocycles. The van der Waals surface area contributed by atoms with E-state index in [-0.39, 0.29) is 30.2 Å². The molecule has 5 nitrogen and oxygen atoms in total. The van der Waals surface area contributed by atoms with Crippen LogP contribution in [0.2, 0.25) is 0 Å². The van der Waals surface area contributed by atoms with Crippen molar-refractivity contribution < 1.29 is 19.9 Å². The van der Waals surface area contributed by atoms with Crippen molar-refractivity contribution >= 4 is 33.2 Å². The molecule has 0 saturated carbocycles. The van der Waals surface area contributed by atoms with Crippen molar-refractivity contribution in [1.82, 2.24) is 4.67 Å². The molecule has 1 aromatic carbocycles. The van der Waals surface area contributed by atoms with Crippen LogP contribution >= 0.6 is 20.3 Å². The molecule has 1 aromatic rings. The fraction of sp³-hybridized carbons (Fsp3) is 0.611. The number of thioether (sulfide) groups is 1. The van der Waals surface area contributed by atoms with Gasteiger partial charge in [-0.25, -0.2) is 4.67 Å². The van der Waals surface area contributed by atoms with Gasteiger partial charge in [-0.2, -0.15) is 0 Å². The van der Waals surface area contributed by atoms with Crippen LogP contribution in [-0.2, 0) is 13.8 Å². The van der Waals surface area contributed by atoms with Gasteiger partial charge in [-0.15, -0.1) is 0 Å². The summed E-state index contributed by atoms with van der Waals surface area (Å²) in [5.74, 6) is 0.600. The lowest BCUT2D eigenvalue weighted by molar-refractivity contribution is 0.0495. The molecule has 2 fully saturated rings. The van der Waals surface area contributed by atoms with Gasteiger partial charge in [-0.1, -0.05) is 42.1 Å². The Kier molecular flexibility index (Phi) is 7.43. The van der Waals surface area contributed by atoms with Gasteiger partial charge >= 0.3 is 0 Å². The van der Waals surface area contributed by atoms with Gasteiger partial charge in [0.25, 0.3) is 8.53 Å². The summed E-state index contributed by atoms with van der Waals surface area (Å²) in [6.45, 7) is 2.65. The number of benzene rings is 1. The van der Waals surface area contributed by atoms with Crippen LogP contribution in [0.15, 0.2) is 30.3 Å². The molecule has 3 rings (SSSR count). The molecule has 2 aliphatic rings. The van der Waals surface area contributed by atoms with Crippen LogP contribution in [0.5, 0.6) is 0 Å². The number of nitrogens with zero attached hydrogens (tertiary/aromatic N) is 1. The molecule has 0 aliphatic carbocycles. The van der Waals surface area contributed by atoms with Gasteiger partial charge in [-0.05, 0) is 26.2 Å². The summed E-state index contributed by atoms with van der Waals surface area (Å²) < 4.78 is 28.1. The van der Waals surface area contributed by atoms with E-state index >= 15 is 0 Å². The number of hydrogen-bond donors (Lipinski definition) is 0. The summed E-state index contributed by atoms with van der Waals surface area (Å²) in [5.41, 5.74) is 0.718. The average Bonchev–Trinajstić information content (AvgIpc) is 3.34. The molecule has 0 spiro atoms. The highest BCUT2D eigenvalue weighted by atomic mass is 32.2.